The van der Waals surface area contributed by atoms with Gasteiger partial charge in [-0.25, -0.2) is 9.50 Å². The molecule has 0 bridgehead atoms. The molecular weight excluding hydrogens is 390 g/mol. The molecule has 1 N–H and O–H groups in total. The van der Waals surface area contributed by atoms with Crippen LogP contribution in [0.2, 0.25) is 0 Å². The van der Waals surface area contributed by atoms with Crippen LogP contribution < -0.4 is 5.32 Å². The molecule has 9 heteroatoms. The molecule has 0 aliphatic carbocycles. The minimum atomic E-state index is -0.501. The molecule has 2 aromatic heterocycles. The number of aromatic nitrogens is 4. The normalized spacial score (nSPS) is 10.9. The van der Waals surface area contributed by atoms with Crippen molar-refractivity contribution in [3.05, 3.63) is 46.8 Å². The quantitative estimate of drug-likeness (QED) is 0.470. The number of hydrogen-bond donors (Lipinski definition) is 1. The summed E-state index contributed by atoms with van der Waals surface area (Å²) in [5.74, 6) is -0.389. The van der Waals surface area contributed by atoms with Crippen LogP contribution in [0.1, 0.15) is 29.4 Å². The van der Waals surface area contributed by atoms with E-state index >= 15 is 0 Å². The van der Waals surface area contributed by atoms with Crippen LogP contribution in [0.4, 0.5) is 5.69 Å². The number of fused-ring (bicyclic) bond motifs is 1. The number of carbonyl (C=O) groups is 2. The highest BCUT2D eigenvalue weighted by molar-refractivity contribution is 7.98. The number of rotatable bonds is 7. The molecule has 0 spiro atoms. The first kappa shape index (κ1) is 20.8. The van der Waals surface area contributed by atoms with Crippen LogP contribution in [0.25, 0.3) is 5.78 Å². The number of thioether (sulfide) groups is 1. The van der Waals surface area contributed by atoms with Gasteiger partial charge in [-0.1, -0.05) is 30.8 Å². The molecule has 0 unspecified atom stereocenters. The molecule has 0 aliphatic heterocycles. The Morgan fingerprint density at radius 3 is 2.55 bits per heavy atom. The van der Waals surface area contributed by atoms with E-state index in [0.717, 1.165) is 17.7 Å². The van der Waals surface area contributed by atoms with Gasteiger partial charge in [-0.05, 0) is 44.2 Å². The number of esters is 1. The first-order chi connectivity index (χ1) is 13.9. The van der Waals surface area contributed by atoms with Gasteiger partial charge in [0.15, 0.2) is 6.61 Å². The van der Waals surface area contributed by atoms with E-state index in [4.69, 9.17) is 4.74 Å². The topological polar surface area (TPSA) is 98.5 Å². The second-order valence-electron chi connectivity index (χ2n) is 6.51. The Balaban J connectivity index is 1.60. The number of ether oxygens (including phenoxy) is 1. The Kier molecular flexibility index (Phi) is 6.48. The van der Waals surface area contributed by atoms with Crippen molar-refractivity contribution in [2.24, 2.45) is 0 Å². The molecule has 3 aromatic rings. The van der Waals surface area contributed by atoms with Crippen LogP contribution in [0.15, 0.2) is 29.4 Å². The third-order valence-corrected chi connectivity index (χ3v) is 5.08. The summed E-state index contributed by atoms with van der Waals surface area (Å²) < 4.78 is 6.76. The summed E-state index contributed by atoms with van der Waals surface area (Å²) in [6.07, 6.45) is 2.82. The Morgan fingerprint density at radius 1 is 1.17 bits per heavy atom. The maximum Gasteiger partial charge on any atom is 0.310 e. The van der Waals surface area contributed by atoms with Crippen LogP contribution in [0.3, 0.4) is 0 Å². The van der Waals surface area contributed by atoms with E-state index in [1.54, 1.807) is 4.52 Å². The van der Waals surface area contributed by atoms with Gasteiger partial charge in [0.2, 0.25) is 5.16 Å². The fraction of sp³-hybridized carbons (Fsp3) is 0.350. The van der Waals surface area contributed by atoms with Crippen molar-refractivity contribution in [3.63, 3.8) is 0 Å². The fourth-order valence-electron chi connectivity index (χ4n) is 2.89. The zero-order valence-electron chi connectivity index (χ0n) is 16.9. The van der Waals surface area contributed by atoms with Crippen LogP contribution in [-0.4, -0.2) is 44.3 Å². The van der Waals surface area contributed by atoms with E-state index in [2.05, 4.69) is 27.3 Å². The monoisotopic (exact) mass is 413 g/mol. The average Bonchev–Trinajstić information content (AvgIpc) is 3.13. The van der Waals surface area contributed by atoms with Crippen molar-refractivity contribution < 1.29 is 14.3 Å². The van der Waals surface area contributed by atoms with Crippen molar-refractivity contribution in [2.75, 3.05) is 18.2 Å². The first-order valence-corrected chi connectivity index (χ1v) is 10.4. The minimum Gasteiger partial charge on any atom is -0.455 e. The third kappa shape index (κ3) is 4.92. The molecular formula is C20H23N5O3S. The fourth-order valence-corrected chi connectivity index (χ4v) is 3.23. The lowest BCUT2D eigenvalue weighted by Gasteiger charge is -2.10. The smallest absolute Gasteiger partial charge is 0.310 e. The number of hydrogen-bond acceptors (Lipinski definition) is 7. The summed E-state index contributed by atoms with van der Waals surface area (Å²) >= 11 is 1.42. The summed E-state index contributed by atoms with van der Waals surface area (Å²) in [7, 11) is 0. The molecule has 1 amide bonds. The molecule has 0 radical (unpaired) electrons. The summed E-state index contributed by atoms with van der Waals surface area (Å²) in [5.41, 5.74) is 4.03. The number of aryl methyl sites for hydroxylation is 3. The molecule has 0 aliphatic rings. The predicted molar refractivity (Wildman–Crippen MR) is 111 cm³/mol. The molecule has 2 heterocycles. The molecule has 0 fully saturated rings. The maximum atomic E-state index is 12.3. The number of benzene rings is 1. The average molecular weight is 414 g/mol. The second-order valence-corrected chi connectivity index (χ2v) is 7.28. The van der Waals surface area contributed by atoms with Gasteiger partial charge in [0, 0.05) is 22.6 Å². The molecule has 0 atom stereocenters. The number of nitrogens with one attached hydrogen (secondary N) is 1. The summed E-state index contributed by atoms with van der Waals surface area (Å²) in [6, 6.07) is 7.55. The maximum absolute atomic E-state index is 12.3. The highest BCUT2D eigenvalue weighted by Gasteiger charge is 2.17. The van der Waals surface area contributed by atoms with E-state index in [1.807, 2.05) is 44.4 Å². The number of nitrogens with zero attached hydrogens (tertiary/aromatic N) is 4. The molecule has 3 rings (SSSR count). The third-order valence-electron chi connectivity index (χ3n) is 4.54. The standard InChI is InChI=1S/C20H23N5O3S/c1-5-14-6-8-15(9-7-14)22-17(26)11-28-18(27)10-16-12(2)21-19-23-20(29-4)24-25(19)13(16)3/h6-9H,5,10-11H2,1-4H3,(H,22,26). The number of anilines is 1. The van der Waals surface area contributed by atoms with E-state index in [-0.39, 0.29) is 18.9 Å². The zero-order chi connectivity index (χ0) is 21.0. The van der Waals surface area contributed by atoms with Gasteiger partial charge in [0.05, 0.1) is 6.42 Å². The summed E-state index contributed by atoms with van der Waals surface area (Å²) in [6.45, 7) is 5.39. The van der Waals surface area contributed by atoms with E-state index in [9.17, 15) is 9.59 Å². The zero-order valence-corrected chi connectivity index (χ0v) is 17.7. The summed E-state index contributed by atoms with van der Waals surface area (Å²) in [4.78, 5) is 33.0. The Bertz CT molecular complexity index is 1050. The van der Waals surface area contributed by atoms with E-state index in [1.165, 1.54) is 17.3 Å². The molecule has 0 saturated heterocycles. The van der Waals surface area contributed by atoms with Gasteiger partial charge in [0.25, 0.3) is 11.7 Å². The van der Waals surface area contributed by atoms with E-state index < -0.39 is 5.97 Å². The van der Waals surface area contributed by atoms with Crippen LogP contribution in [0.5, 0.6) is 0 Å². The molecule has 8 nitrogen and oxygen atoms in total. The van der Waals surface area contributed by atoms with Crippen molar-refractivity contribution in [1.82, 2.24) is 19.6 Å². The lowest BCUT2D eigenvalue weighted by Crippen LogP contribution is -2.22. The summed E-state index contributed by atoms with van der Waals surface area (Å²) in [5, 5.41) is 7.69. The highest BCUT2D eigenvalue weighted by Crippen LogP contribution is 2.17. The van der Waals surface area contributed by atoms with Gasteiger partial charge in [-0.2, -0.15) is 4.98 Å². The van der Waals surface area contributed by atoms with Crippen molar-refractivity contribution in [3.8, 4) is 0 Å². The van der Waals surface area contributed by atoms with Gasteiger partial charge in [0.1, 0.15) is 0 Å². The highest BCUT2D eigenvalue weighted by atomic mass is 32.2. The van der Waals surface area contributed by atoms with E-state index in [0.29, 0.717) is 22.3 Å². The Morgan fingerprint density at radius 2 is 1.90 bits per heavy atom. The van der Waals surface area contributed by atoms with Crippen molar-refractivity contribution in [2.45, 2.75) is 38.8 Å². The van der Waals surface area contributed by atoms with Gasteiger partial charge in [-0.3, -0.25) is 9.59 Å². The predicted octanol–water partition coefficient (Wildman–Crippen LogP) is 2.75. The lowest BCUT2D eigenvalue weighted by molar-refractivity contribution is -0.146. The molecule has 0 saturated carbocycles. The van der Waals surface area contributed by atoms with Crippen LogP contribution >= 0.6 is 11.8 Å². The van der Waals surface area contributed by atoms with Crippen LogP contribution in [0, 0.1) is 13.8 Å². The van der Waals surface area contributed by atoms with Gasteiger partial charge in [-0.15, -0.1) is 5.10 Å². The van der Waals surface area contributed by atoms with Gasteiger partial charge < -0.3 is 10.1 Å². The molecule has 152 valence electrons. The second kappa shape index (κ2) is 9.04. The largest absolute Gasteiger partial charge is 0.455 e. The van der Waals surface area contributed by atoms with Gasteiger partial charge >= 0.3 is 5.97 Å². The first-order valence-electron chi connectivity index (χ1n) is 9.22. The number of amides is 1. The Labute approximate surface area is 173 Å². The molecule has 1 aromatic carbocycles. The SMILES string of the molecule is CCc1ccc(NC(=O)COC(=O)Cc2c(C)nc3nc(SC)nn3c2C)cc1. The Hall–Kier alpha value is -2.94. The van der Waals surface area contributed by atoms with Crippen molar-refractivity contribution in [1.29, 1.82) is 0 Å². The molecule has 29 heavy (non-hydrogen) atoms. The number of carbonyl (C=O) groups excluding carboxylic acids is 2. The minimum absolute atomic E-state index is 0.00748. The van der Waals surface area contributed by atoms with Crippen molar-refractivity contribution >= 4 is 35.1 Å². The lowest BCUT2D eigenvalue weighted by atomic mass is 10.1. The van der Waals surface area contributed by atoms with Crippen LogP contribution in [-0.2, 0) is 27.2 Å².